The maximum atomic E-state index is 13.1. The van der Waals surface area contributed by atoms with Crippen molar-refractivity contribution in [3.05, 3.63) is 59.9 Å². The molecule has 0 aliphatic carbocycles. The van der Waals surface area contributed by atoms with E-state index < -0.39 is 51.2 Å². The van der Waals surface area contributed by atoms with Crippen LogP contribution in [0.15, 0.2) is 43.7 Å². The van der Waals surface area contributed by atoms with E-state index in [9.17, 15) is 31.2 Å². The molecule has 2 aromatic carbocycles. The number of alkyl halides is 3. The van der Waals surface area contributed by atoms with Crippen LogP contribution in [-0.2, 0) is 14.9 Å². The van der Waals surface area contributed by atoms with Gasteiger partial charge in [-0.3, -0.25) is 4.55 Å². The van der Waals surface area contributed by atoms with Gasteiger partial charge in [0.25, 0.3) is 10.1 Å². The van der Waals surface area contributed by atoms with Crippen LogP contribution >= 0.6 is 59.4 Å². The molecular formula is C17H9Br3ClF3O7S. The largest absolute Gasteiger partial charge is 0.448 e. The van der Waals surface area contributed by atoms with Crippen LogP contribution in [0.25, 0.3) is 0 Å². The van der Waals surface area contributed by atoms with Crippen molar-refractivity contribution in [2.45, 2.75) is 12.3 Å². The van der Waals surface area contributed by atoms with Gasteiger partial charge in [-0.15, -0.1) is 0 Å². The number of carbonyl (C=O) groups is 2. The molecule has 2 rings (SSSR count). The van der Waals surface area contributed by atoms with Crippen molar-refractivity contribution >= 4 is 81.4 Å². The molecule has 0 aliphatic rings. The van der Waals surface area contributed by atoms with Crippen molar-refractivity contribution in [3.8, 4) is 5.75 Å². The first-order valence-corrected chi connectivity index (χ1v) is 12.3. The minimum absolute atomic E-state index is 0.00649. The number of benzene rings is 2. The van der Waals surface area contributed by atoms with Crippen molar-refractivity contribution < 1.29 is 45.2 Å². The predicted molar refractivity (Wildman–Crippen MR) is 118 cm³/mol. The molecule has 1 N–H and O–H groups in total. The number of hydrogen-bond donors (Lipinski definition) is 1. The number of ether oxygens (including phenoxy) is 2. The van der Waals surface area contributed by atoms with Gasteiger partial charge in [0.2, 0.25) is 6.10 Å². The summed E-state index contributed by atoms with van der Waals surface area (Å²) < 4.78 is 80.5. The van der Waals surface area contributed by atoms with Crippen molar-refractivity contribution in [2.24, 2.45) is 0 Å². The zero-order chi connectivity index (χ0) is 24.4. The van der Waals surface area contributed by atoms with E-state index in [2.05, 4.69) is 52.5 Å². The third-order valence-corrected chi connectivity index (χ3v) is 6.15. The van der Waals surface area contributed by atoms with Gasteiger partial charge in [0.1, 0.15) is 5.75 Å². The van der Waals surface area contributed by atoms with E-state index in [-0.39, 0.29) is 10.8 Å². The van der Waals surface area contributed by atoms with Gasteiger partial charge >= 0.3 is 18.1 Å². The zero-order valence-corrected chi connectivity index (χ0v) is 21.5. The van der Waals surface area contributed by atoms with Crippen LogP contribution in [0.3, 0.4) is 0 Å². The van der Waals surface area contributed by atoms with Crippen molar-refractivity contribution in [3.63, 3.8) is 0 Å². The Morgan fingerprint density at radius 2 is 1.59 bits per heavy atom. The van der Waals surface area contributed by atoms with Gasteiger partial charge < -0.3 is 9.47 Å². The molecule has 0 saturated heterocycles. The highest BCUT2D eigenvalue weighted by Crippen LogP contribution is 2.37. The standard InChI is InChI=1S/C17H9Br3ClF3O7S/c18-7-3-11(19)14(12(20)4-7)31-15(25)9-2-1-8(21)5-10(9)16(26)30-13(17(22,23)24)6-32(27,28)29/h1-5,13H,6H2,(H,27,28,29). The smallest absolute Gasteiger partial charge is 0.426 e. The highest BCUT2D eigenvalue weighted by molar-refractivity contribution is 9.11. The second-order valence-corrected chi connectivity index (χ2v) is 10.5. The zero-order valence-electron chi connectivity index (χ0n) is 15.1. The van der Waals surface area contributed by atoms with Gasteiger partial charge in [0, 0.05) is 9.50 Å². The molecule has 7 nitrogen and oxygen atoms in total. The summed E-state index contributed by atoms with van der Waals surface area (Å²) >= 11 is 15.4. The van der Waals surface area contributed by atoms with Gasteiger partial charge in [-0.05, 0) is 62.2 Å². The van der Waals surface area contributed by atoms with E-state index >= 15 is 0 Å². The Hall–Kier alpha value is -1.19. The fourth-order valence-corrected chi connectivity index (χ4v) is 5.45. The number of halogens is 7. The summed E-state index contributed by atoms with van der Waals surface area (Å²) in [6.07, 6.45) is -8.51. The Kier molecular flexibility index (Phi) is 8.78. The second-order valence-electron chi connectivity index (χ2n) is 5.96. The third kappa shape index (κ3) is 7.42. The Balaban J connectivity index is 2.41. The van der Waals surface area contributed by atoms with Gasteiger partial charge in [0.15, 0.2) is 5.75 Å². The molecule has 0 fully saturated rings. The maximum absolute atomic E-state index is 13.1. The van der Waals surface area contributed by atoms with Crippen LogP contribution in [0, 0.1) is 0 Å². The highest BCUT2D eigenvalue weighted by atomic mass is 79.9. The molecule has 0 aromatic heterocycles. The Labute approximate surface area is 209 Å². The molecular weight excluding hydrogens is 680 g/mol. The fraction of sp³-hybridized carbons (Fsp3) is 0.176. The highest BCUT2D eigenvalue weighted by Gasteiger charge is 2.46. The first-order chi connectivity index (χ1) is 14.6. The number of esters is 2. The third-order valence-electron chi connectivity index (χ3n) is 3.56. The topological polar surface area (TPSA) is 107 Å². The average molecular weight is 689 g/mol. The van der Waals surface area contributed by atoms with E-state index in [0.717, 1.165) is 12.1 Å². The molecule has 1 atom stereocenters. The van der Waals surface area contributed by atoms with Gasteiger partial charge in [0.05, 0.1) is 20.1 Å². The summed E-state index contributed by atoms with van der Waals surface area (Å²) in [6.45, 7) is 0. The molecule has 1 unspecified atom stereocenters. The molecule has 0 aliphatic heterocycles. The summed E-state index contributed by atoms with van der Waals surface area (Å²) in [4.78, 5) is 25.1. The van der Waals surface area contributed by atoms with E-state index in [0.29, 0.717) is 13.4 Å². The van der Waals surface area contributed by atoms with E-state index in [1.807, 2.05) is 0 Å². The molecule has 0 saturated carbocycles. The molecule has 32 heavy (non-hydrogen) atoms. The lowest BCUT2D eigenvalue weighted by molar-refractivity contribution is -0.197. The van der Waals surface area contributed by atoms with Gasteiger partial charge in [-0.1, -0.05) is 27.5 Å². The van der Waals surface area contributed by atoms with E-state index in [1.54, 1.807) is 12.1 Å². The quantitative estimate of drug-likeness (QED) is 0.232. The number of hydrogen-bond acceptors (Lipinski definition) is 6. The number of carbonyl (C=O) groups excluding carboxylic acids is 2. The van der Waals surface area contributed by atoms with Gasteiger partial charge in [-0.25, -0.2) is 9.59 Å². The fourth-order valence-electron chi connectivity index (χ4n) is 2.22. The van der Waals surface area contributed by atoms with Gasteiger partial charge in [-0.2, -0.15) is 21.6 Å². The molecule has 2 aromatic rings. The molecule has 15 heteroatoms. The molecule has 0 radical (unpaired) electrons. The predicted octanol–water partition coefficient (Wildman–Crippen LogP) is 5.82. The summed E-state index contributed by atoms with van der Waals surface area (Å²) in [5.41, 5.74) is -1.22. The van der Waals surface area contributed by atoms with Crippen LogP contribution in [0.4, 0.5) is 13.2 Å². The molecule has 0 spiro atoms. The lowest BCUT2D eigenvalue weighted by Crippen LogP contribution is -2.39. The summed E-state index contributed by atoms with van der Waals surface area (Å²) in [5, 5.41) is -0.127. The minimum atomic E-state index is -5.32. The van der Waals surface area contributed by atoms with Crippen molar-refractivity contribution in [1.82, 2.24) is 0 Å². The lowest BCUT2D eigenvalue weighted by Gasteiger charge is -2.20. The summed E-state index contributed by atoms with van der Waals surface area (Å²) in [5.74, 6) is -4.77. The SMILES string of the molecule is O=C(Oc1c(Br)cc(Br)cc1Br)c1ccc(Cl)cc1C(=O)OC(CS(=O)(=O)O)C(F)(F)F. The molecule has 0 heterocycles. The summed E-state index contributed by atoms with van der Waals surface area (Å²) in [6, 6.07) is 6.15. The first kappa shape index (κ1) is 27.1. The molecule has 0 bridgehead atoms. The maximum Gasteiger partial charge on any atom is 0.426 e. The van der Waals surface area contributed by atoms with E-state index in [1.165, 1.54) is 6.07 Å². The Bertz CT molecular complexity index is 1150. The number of rotatable bonds is 6. The Morgan fingerprint density at radius 1 is 1.03 bits per heavy atom. The lowest BCUT2D eigenvalue weighted by atomic mass is 10.1. The second kappa shape index (κ2) is 10.4. The Morgan fingerprint density at radius 3 is 2.09 bits per heavy atom. The average Bonchev–Trinajstić information content (AvgIpc) is 2.61. The van der Waals surface area contributed by atoms with E-state index in [4.69, 9.17) is 20.9 Å². The van der Waals surface area contributed by atoms with Crippen LogP contribution in [0.5, 0.6) is 5.75 Å². The van der Waals surface area contributed by atoms with Crippen LogP contribution in [0.2, 0.25) is 5.02 Å². The van der Waals surface area contributed by atoms with Crippen molar-refractivity contribution in [2.75, 3.05) is 5.75 Å². The first-order valence-electron chi connectivity index (χ1n) is 7.97. The summed E-state index contributed by atoms with van der Waals surface area (Å²) in [7, 11) is -5.15. The monoisotopic (exact) mass is 686 g/mol. The molecule has 174 valence electrons. The van der Waals surface area contributed by atoms with Crippen LogP contribution in [0.1, 0.15) is 20.7 Å². The molecule has 0 amide bonds. The minimum Gasteiger partial charge on any atom is -0.448 e. The van der Waals surface area contributed by atoms with Crippen LogP contribution < -0.4 is 4.74 Å². The van der Waals surface area contributed by atoms with Crippen molar-refractivity contribution in [1.29, 1.82) is 0 Å². The van der Waals surface area contributed by atoms with Crippen LogP contribution in [-0.4, -0.2) is 42.9 Å². The normalized spacial score (nSPS) is 12.9.